The minimum Gasteiger partial charge on any atom is -0.465 e. The van der Waals surface area contributed by atoms with Crippen molar-refractivity contribution in [1.82, 2.24) is 10.3 Å². The zero-order valence-electron chi connectivity index (χ0n) is 12.4. The molecule has 2 aromatic carbocycles. The maximum Gasteiger partial charge on any atom is 0.337 e. The number of esters is 1. The second-order valence-corrected chi connectivity index (χ2v) is 6.24. The Balaban J connectivity index is 2.10. The van der Waals surface area contributed by atoms with E-state index in [1.54, 1.807) is 0 Å². The molecule has 0 unspecified atom stereocenters. The first-order chi connectivity index (χ1) is 11.3. The number of ether oxygens (including phenoxy) is 1. The molecule has 1 amide bonds. The van der Waals surface area contributed by atoms with Gasteiger partial charge >= 0.3 is 5.97 Å². The molecule has 0 aromatic heterocycles. The molecule has 2 N–H and O–H groups in total. The van der Waals surface area contributed by atoms with Gasteiger partial charge in [0.05, 0.1) is 23.1 Å². The molecule has 0 aliphatic heterocycles. The molecule has 0 atom stereocenters. The number of rotatable bonds is 5. The van der Waals surface area contributed by atoms with E-state index in [-0.39, 0.29) is 16.0 Å². The van der Waals surface area contributed by atoms with Gasteiger partial charge in [-0.25, -0.2) is 17.6 Å². The lowest BCUT2D eigenvalue weighted by Gasteiger charge is -2.09. The molecule has 0 fully saturated rings. The van der Waals surface area contributed by atoms with E-state index in [2.05, 4.69) is 4.74 Å². The SMILES string of the molecule is COC(=O)c1ccc(S(=O)(=O)NNC(=O)c2ccccc2F)cc1. The Labute approximate surface area is 137 Å². The summed E-state index contributed by atoms with van der Waals surface area (Å²) in [5.74, 6) is -2.33. The highest BCUT2D eigenvalue weighted by atomic mass is 32.2. The molecule has 24 heavy (non-hydrogen) atoms. The van der Waals surface area contributed by atoms with Crippen LogP contribution in [0, 0.1) is 5.82 Å². The standard InChI is InChI=1S/C15H13FN2O5S/c1-23-15(20)10-6-8-11(9-7-10)24(21,22)18-17-14(19)12-4-2-3-5-13(12)16/h2-9,18H,1H3,(H,17,19). The van der Waals surface area contributed by atoms with Crippen LogP contribution in [0.4, 0.5) is 4.39 Å². The summed E-state index contributed by atoms with van der Waals surface area (Å²) in [5, 5.41) is 0. The van der Waals surface area contributed by atoms with E-state index in [1.165, 1.54) is 49.6 Å². The maximum absolute atomic E-state index is 13.5. The predicted octanol–water partition coefficient (Wildman–Crippen LogP) is 1.24. The molecule has 0 saturated heterocycles. The summed E-state index contributed by atoms with van der Waals surface area (Å²) in [4.78, 5) is 24.7. The summed E-state index contributed by atoms with van der Waals surface area (Å²) in [6, 6.07) is 10.0. The van der Waals surface area contributed by atoms with E-state index < -0.39 is 27.7 Å². The van der Waals surface area contributed by atoms with Crippen molar-refractivity contribution in [2.75, 3.05) is 7.11 Å². The van der Waals surface area contributed by atoms with Crippen LogP contribution in [0.2, 0.25) is 0 Å². The van der Waals surface area contributed by atoms with Crippen molar-refractivity contribution in [2.45, 2.75) is 4.90 Å². The predicted molar refractivity (Wildman–Crippen MR) is 82.0 cm³/mol. The molecule has 0 heterocycles. The summed E-state index contributed by atoms with van der Waals surface area (Å²) >= 11 is 0. The van der Waals surface area contributed by atoms with E-state index in [9.17, 15) is 22.4 Å². The quantitative estimate of drug-likeness (QED) is 0.623. The van der Waals surface area contributed by atoms with Gasteiger partial charge in [0, 0.05) is 0 Å². The first kappa shape index (κ1) is 17.6. The zero-order valence-corrected chi connectivity index (χ0v) is 13.3. The van der Waals surface area contributed by atoms with Crippen LogP contribution < -0.4 is 10.3 Å². The highest BCUT2D eigenvalue weighted by Gasteiger charge is 2.18. The zero-order chi connectivity index (χ0) is 17.7. The monoisotopic (exact) mass is 352 g/mol. The molecule has 0 spiro atoms. The Morgan fingerprint density at radius 1 is 1.04 bits per heavy atom. The first-order valence-corrected chi connectivity index (χ1v) is 8.08. The van der Waals surface area contributed by atoms with Crippen LogP contribution in [0.5, 0.6) is 0 Å². The molecule has 2 rings (SSSR count). The van der Waals surface area contributed by atoms with Crippen molar-refractivity contribution in [1.29, 1.82) is 0 Å². The lowest BCUT2D eigenvalue weighted by molar-refractivity contribution is 0.0600. The molecule has 0 aliphatic rings. The first-order valence-electron chi connectivity index (χ1n) is 6.60. The van der Waals surface area contributed by atoms with Crippen molar-refractivity contribution in [3.8, 4) is 0 Å². The lowest BCUT2D eigenvalue weighted by atomic mass is 10.2. The fourth-order valence-corrected chi connectivity index (χ4v) is 2.61. The van der Waals surface area contributed by atoms with Crippen LogP contribution in [-0.2, 0) is 14.8 Å². The number of hydrazine groups is 1. The van der Waals surface area contributed by atoms with Gasteiger partial charge in [0.2, 0.25) is 0 Å². The minimum atomic E-state index is -4.08. The van der Waals surface area contributed by atoms with Crippen LogP contribution in [0.3, 0.4) is 0 Å². The third-order valence-electron chi connectivity index (χ3n) is 3.00. The lowest BCUT2D eigenvalue weighted by Crippen LogP contribution is -2.41. The Kier molecular flexibility index (Phi) is 5.27. The summed E-state index contributed by atoms with van der Waals surface area (Å²) in [6.45, 7) is 0. The van der Waals surface area contributed by atoms with Gasteiger partial charge in [-0.2, -0.15) is 0 Å². The number of amides is 1. The second kappa shape index (κ2) is 7.20. The number of hydrogen-bond acceptors (Lipinski definition) is 5. The highest BCUT2D eigenvalue weighted by molar-refractivity contribution is 7.89. The van der Waals surface area contributed by atoms with Gasteiger partial charge in [0.25, 0.3) is 15.9 Å². The Hall–Kier alpha value is -2.78. The number of nitrogens with one attached hydrogen (secondary N) is 2. The number of carbonyl (C=O) groups excluding carboxylic acids is 2. The number of sulfonamides is 1. The summed E-state index contributed by atoms with van der Waals surface area (Å²) < 4.78 is 42.1. The fraction of sp³-hybridized carbons (Fsp3) is 0.0667. The number of benzene rings is 2. The van der Waals surface area contributed by atoms with Crippen molar-refractivity contribution < 1.29 is 27.1 Å². The highest BCUT2D eigenvalue weighted by Crippen LogP contribution is 2.11. The molecular formula is C15H13FN2O5S. The van der Waals surface area contributed by atoms with Crippen LogP contribution >= 0.6 is 0 Å². The number of carbonyl (C=O) groups is 2. The molecule has 0 saturated carbocycles. The fourth-order valence-electron chi connectivity index (χ4n) is 1.77. The molecule has 2 aromatic rings. The van der Waals surface area contributed by atoms with E-state index >= 15 is 0 Å². The molecular weight excluding hydrogens is 339 g/mol. The number of hydrogen-bond donors (Lipinski definition) is 2. The van der Waals surface area contributed by atoms with Gasteiger partial charge < -0.3 is 4.74 Å². The van der Waals surface area contributed by atoms with Crippen molar-refractivity contribution in [3.05, 3.63) is 65.5 Å². The number of halogens is 1. The Bertz CT molecular complexity index is 866. The van der Waals surface area contributed by atoms with Gasteiger partial charge in [0.15, 0.2) is 0 Å². The van der Waals surface area contributed by atoms with Crippen molar-refractivity contribution >= 4 is 21.9 Å². The molecule has 9 heteroatoms. The van der Waals surface area contributed by atoms with Gasteiger partial charge in [-0.05, 0) is 36.4 Å². The van der Waals surface area contributed by atoms with Crippen molar-refractivity contribution in [2.24, 2.45) is 0 Å². The Morgan fingerprint density at radius 3 is 2.25 bits per heavy atom. The summed E-state index contributed by atoms with van der Waals surface area (Å²) in [7, 11) is -2.88. The average molecular weight is 352 g/mol. The maximum atomic E-state index is 13.5. The third-order valence-corrected chi connectivity index (χ3v) is 4.27. The number of methoxy groups -OCH3 is 1. The van der Waals surface area contributed by atoms with Gasteiger partial charge in [-0.1, -0.05) is 12.1 Å². The smallest absolute Gasteiger partial charge is 0.337 e. The average Bonchev–Trinajstić information content (AvgIpc) is 2.59. The van der Waals surface area contributed by atoms with Crippen LogP contribution in [0.25, 0.3) is 0 Å². The second-order valence-electron chi connectivity index (χ2n) is 4.56. The molecule has 0 bridgehead atoms. The van der Waals surface area contributed by atoms with E-state index in [0.717, 1.165) is 6.07 Å². The van der Waals surface area contributed by atoms with Gasteiger partial charge in [0.1, 0.15) is 5.82 Å². The third kappa shape index (κ3) is 3.94. The van der Waals surface area contributed by atoms with E-state index in [1.807, 2.05) is 10.3 Å². The van der Waals surface area contributed by atoms with Crippen LogP contribution in [-0.4, -0.2) is 27.4 Å². The van der Waals surface area contributed by atoms with E-state index in [4.69, 9.17) is 0 Å². The minimum absolute atomic E-state index is 0.173. The molecule has 0 radical (unpaired) electrons. The topological polar surface area (TPSA) is 102 Å². The van der Waals surface area contributed by atoms with E-state index in [0.29, 0.717) is 0 Å². The summed E-state index contributed by atoms with van der Waals surface area (Å²) in [5.41, 5.74) is 1.79. The largest absolute Gasteiger partial charge is 0.465 e. The van der Waals surface area contributed by atoms with Gasteiger partial charge in [-0.15, -0.1) is 4.83 Å². The molecule has 0 aliphatic carbocycles. The summed E-state index contributed by atoms with van der Waals surface area (Å²) in [6.07, 6.45) is 0. The van der Waals surface area contributed by atoms with Crippen molar-refractivity contribution in [3.63, 3.8) is 0 Å². The van der Waals surface area contributed by atoms with Crippen LogP contribution in [0.1, 0.15) is 20.7 Å². The Morgan fingerprint density at radius 2 is 1.67 bits per heavy atom. The molecule has 126 valence electrons. The van der Waals surface area contributed by atoms with Crippen LogP contribution in [0.15, 0.2) is 53.4 Å². The molecule has 7 nitrogen and oxygen atoms in total. The normalized spacial score (nSPS) is 10.9. The van der Waals surface area contributed by atoms with Gasteiger partial charge in [-0.3, -0.25) is 10.2 Å².